The summed E-state index contributed by atoms with van der Waals surface area (Å²) in [5.41, 5.74) is 0.486. The van der Waals surface area contributed by atoms with E-state index in [-0.39, 0.29) is 0 Å². The highest BCUT2D eigenvalue weighted by Crippen LogP contribution is 2.60. The normalized spacial score (nSPS) is 37.9. The number of hydrogen-bond acceptors (Lipinski definition) is 2. The van der Waals surface area contributed by atoms with Crippen LogP contribution in [0.1, 0.15) is 25.0 Å². The molecule has 15 heavy (non-hydrogen) atoms. The first-order valence-corrected chi connectivity index (χ1v) is 5.98. The highest BCUT2D eigenvalue weighted by atomic mass is 16.3. The Morgan fingerprint density at radius 2 is 2.27 bits per heavy atom. The largest absolute Gasteiger partial charge is 0.469 e. The first kappa shape index (κ1) is 9.46. The number of furan rings is 1. The monoisotopic (exact) mass is 205 g/mol. The van der Waals surface area contributed by atoms with Crippen LogP contribution in [0.3, 0.4) is 0 Å². The zero-order valence-electron chi connectivity index (χ0n) is 9.33. The summed E-state index contributed by atoms with van der Waals surface area (Å²) in [6.07, 6.45) is 7.20. The Balaban J connectivity index is 1.73. The fourth-order valence-electron chi connectivity index (χ4n) is 3.51. The molecule has 1 N–H and O–H groups in total. The van der Waals surface area contributed by atoms with Gasteiger partial charge >= 0.3 is 0 Å². The molecule has 2 unspecified atom stereocenters. The second-order valence-electron chi connectivity index (χ2n) is 5.45. The average Bonchev–Trinajstić information content (AvgIpc) is 2.67. The summed E-state index contributed by atoms with van der Waals surface area (Å²) < 4.78 is 5.49. The highest BCUT2D eigenvalue weighted by Gasteiger charge is 2.53. The van der Waals surface area contributed by atoms with Gasteiger partial charge in [-0.2, -0.15) is 0 Å². The topological polar surface area (TPSA) is 25.2 Å². The van der Waals surface area contributed by atoms with E-state index in [9.17, 15) is 0 Å². The summed E-state index contributed by atoms with van der Waals surface area (Å²) >= 11 is 0. The summed E-state index contributed by atoms with van der Waals surface area (Å²) in [4.78, 5) is 0. The third-order valence-electron chi connectivity index (χ3n) is 4.14. The molecular formula is C13H19NO. The van der Waals surface area contributed by atoms with E-state index in [4.69, 9.17) is 4.42 Å². The van der Waals surface area contributed by atoms with Crippen LogP contribution in [0.4, 0.5) is 0 Å². The molecule has 2 fully saturated rings. The minimum atomic E-state index is 0.486. The zero-order valence-corrected chi connectivity index (χ0v) is 9.33. The predicted octanol–water partition coefficient (Wildman–Crippen LogP) is 2.46. The molecule has 0 aliphatic heterocycles. The predicted molar refractivity (Wildman–Crippen MR) is 59.6 cm³/mol. The van der Waals surface area contributed by atoms with E-state index >= 15 is 0 Å². The Labute approximate surface area is 91.0 Å². The van der Waals surface area contributed by atoms with E-state index in [0.717, 1.165) is 30.6 Å². The SMILES string of the molecule is CNCC1(Cc2ccco2)CC2CC2C1. The molecule has 0 radical (unpaired) electrons. The lowest BCUT2D eigenvalue weighted by atomic mass is 9.79. The molecule has 1 aromatic heterocycles. The molecule has 82 valence electrons. The molecule has 2 aliphatic carbocycles. The molecule has 2 aliphatic rings. The highest BCUT2D eigenvalue weighted by molar-refractivity contribution is 5.10. The van der Waals surface area contributed by atoms with Crippen molar-refractivity contribution in [2.45, 2.75) is 25.7 Å². The van der Waals surface area contributed by atoms with Gasteiger partial charge in [0.15, 0.2) is 0 Å². The minimum absolute atomic E-state index is 0.486. The Hall–Kier alpha value is -0.760. The number of hydrogen-bond donors (Lipinski definition) is 1. The molecule has 0 amide bonds. The molecule has 3 rings (SSSR count). The zero-order chi connectivity index (χ0) is 10.3. The fraction of sp³-hybridized carbons (Fsp3) is 0.692. The smallest absolute Gasteiger partial charge is 0.104 e. The maximum absolute atomic E-state index is 5.49. The van der Waals surface area contributed by atoms with Gasteiger partial charge in [0.05, 0.1) is 6.26 Å². The van der Waals surface area contributed by atoms with Gasteiger partial charge in [-0.15, -0.1) is 0 Å². The van der Waals surface area contributed by atoms with Crippen LogP contribution in [0.25, 0.3) is 0 Å². The van der Waals surface area contributed by atoms with Crippen LogP contribution in [-0.2, 0) is 6.42 Å². The number of rotatable bonds is 4. The van der Waals surface area contributed by atoms with Gasteiger partial charge in [-0.1, -0.05) is 0 Å². The molecule has 2 nitrogen and oxygen atoms in total. The molecule has 2 heteroatoms. The lowest BCUT2D eigenvalue weighted by Crippen LogP contribution is -2.33. The summed E-state index contributed by atoms with van der Waals surface area (Å²) in [5.74, 6) is 3.23. The number of fused-ring (bicyclic) bond motifs is 1. The Bertz CT molecular complexity index is 320. The van der Waals surface area contributed by atoms with Crippen LogP contribution in [0.15, 0.2) is 22.8 Å². The van der Waals surface area contributed by atoms with Gasteiger partial charge in [-0.25, -0.2) is 0 Å². The van der Waals surface area contributed by atoms with Crippen molar-refractivity contribution < 1.29 is 4.42 Å². The van der Waals surface area contributed by atoms with Crippen molar-refractivity contribution in [3.8, 4) is 0 Å². The van der Waals surface area contributed by atoms with E-state index in [0.29, 0.717) is 5.41 Å². The third-order valence-corrected chi connectivity index (χ3v) is 4.14. The lowest BCUT2D eigenvalue weighted by Gasteiger charge is -2.29. The van der Waals surface area contributed by atoms with E-state index in [1.165, 1.54) is 19.3 Å². The average molecular weight is 205 g/mol. The van der Waals surface area contributed by atoms with Crippen molar-refractivity contribution in [3.05, 3.63) is 24.2 Å². The molecule has 0 bridgehead atoms. The van der Waals surface area contributed by atoms with E-state index in [1.807, 2.05) is 6.07 Å². The van der Waals surface area contributed by atoms with Crippen molar-refractivity contribution in [3.63, 3.8) is 0 Å². The first-order chi connectivity index (χ1) is 7.31. The van der Waals surface area contributed by atoms with E-state index in [2.05, 4.69) is 18.4 Å². The van der Waals surface area contributed by atoms with Crippen molar-refractivity contribution in [1.82, 2.24) is 5.32 Å². The van der Waals surface area contributed by atoms with Gasteiger partial charge in [-0.3, -0.25) is 0 Å². The van der Waals surface area contributed by atoms with E-state index in [1.54, 1.807) is 6.26 Å². The Kier molecular flexibility index (Phi) is 2.13. The van der Waals surface area contributed by atoms with Gasteiger partial charge in [0, 0.05) is 13.0 Å². The third kappa shape index (κ3) is 1.71. The second kappa shape index (κ2) is 3.38. The minimum Gasteiger partial charge on any atom is -0.469 e. The van der Waals surface area contributed by atoms with Crippen LogP contribution >= 0.6 is 0 Å². The molecular weight excluding hydrogens is 186 g/mol. The Morgan fingerprint density at radius 1 is 1.47 bits per heavy atom. The van der Waals surface area contributed by atoms with E-state index < -0.39 is 0 Å². The summed E-state index contributed by atoms with van der Waals surface area (Å²) in [5, 5.41) is 3.36. The molecule has 2 atom stereocenters. The standard InChI is InChI=1S/C13H19NO/c1-14-9-13(6-10-5-11(10)7-13)8-12-3-2-4-15-12/h2-4,10-11,14H,5-9H2,1H3. The molecule has 1 heterocycles. The van der Waals surface area contributed by atoms with Gasteiger partial charge in [-0.05, 0) is 55.7 Å². The van der Waals surface area contributed by atoms with Gasteiger partial charge in [0.25, 0.3) is 0 Å². The summed E-state index contributed by atoms with van der Waals surface area (Å²) in [6.45, 7) is 1.14. The van der Waals surface area contributed by atoms with Crippen molar-refractivity contribution in [1.29, 1.82) is 0 Å². The number of nitrogens with one attached hydrogen (secondary N) is 1. The molecule has 1 aromatic rings. The van der Waals surface area contributed by atoms with Crippen LogP contribution in [0, 0.1) is 17.3 Å². The van der Waals surface area contributed by atoms with Crippen molar-refractivity contribution >= 4 is 0 Å². The van der Waals surface area contributed by atoms with Gasteiger partial charge in [0.1, 0.15) is 5.76 Å². The molecule has 0 aromatic carbocycles. The molecule has 0 saturated heterocycles. The van der Waals surface area contributed by atoms with Crippen LogP contribution in [0.5, 0.6) is 0 Å². The van der Waals surface area contributed by atoms with Gasteiger partial charge < -0.3 is 9.73 Å². The maximum atomic E-state index is 5.49. The quantitative estimate of drug-likeness (QED) is 0.816. The summed E-state index contributed by atoms with van der Waals surface area (Å²) in [6, 6.07) is 4.11. The summed E-state index contributed by atoms with van der Waals surface area (Å²) in [7, 11) is 2.06. The molecule has 2 saturated carbocycles. The van der Waals surface area contributed by atoms with Crippen LogP contribution < -0.4 is 5.32 Å². The van der Waals surface area contributed by atoms with Crippen molar-refractivity contribution in [2.24, 2.45) is 17.3 Å². The Morgan fingerprint density at radius 3 is 2.87 bits per heavy atom. The van der Waals surface area contributed by atoms with Gasteiger partial charge in [0.2, 0.25) is 0 Å². The lowest BCUT2D eigenvalue weighted by molar-refractivity contribution is 0.238. The maximum Gasteiger partial charge on any atom is 0.104 e. The first-order valence-electron chi connectivity index (χ1n) is 5.98. The van der Waals surface area contributed by atoms with Crippen LogP contribution in [0.2, 0.25) is 0 Å². The second-order valence-corrected chi connectivity index (χ2v) is 5.45. The van der Waals surface area contributed by atoms with Crippen molar-refractivity contribution in [2.75, 3.05) is 13.6 Å². The van der Waals surface area contributed by atoms with Crippen LogP contribution in [-0.4, -0.2) is 13.6 Å². The molecule has 0 spiro atoms. The fourth-order valence-corrected chi connectivity index (χ4v) is 3.51.